The number of piperidine rings is 1. The number of thiophene rings is 1. The monoisotopic (exact) mass is 257 g/mol. The summed E-state index contributed by atoms with van der Waals surface area (Å²) >= 11 is 1.99. The topological polar surface area (TPSA) is 3.24 Å². The van der Waals surface area contributed by atoms with E-state index in [9.17, 15) is 0 Å². The summed E-state index contributed by atoms with van der Waals surface area (Å²) in [7, 11) is 0. The Morgan fingerprint density at radius 3 is 2.75 bits per heavy atom. The van der Waals surface area contributed by atoms with Gasteiger partial charge in [0.2, 0.25) is 0 Å². The van der Waals surface area contributed by atoms with Crippen molar-refractivity contribution >= 4 is 23.7 Å². The fourth-order valence-electron chi connectivity index (χ4n) is 3.04. The summed E-state index contributed by atoms with van der Waals surface area (Å²) in [6.45, 7) is 2.67. The summed E-state index contributed by atoms with van der Waals surface area (Å²) in [5.41, 5.74) is 1.64. The maximum absolute atomic E-state index is 2.73. The Labute approximate surface area is 108 Å². The van der Waals surface area contributed by atoms with Crippen molar-refractivity contribution in [2.24, 2.45) is 0 Å². The average molecular weight is 258 g/mol. The molecule has 1 aliphatic carbocycles. The maximum atomic E-state index is 2.73. The van der Waals surface area contributed by atoms with Crippen molar-refractivity contribution in [1.29, 1.82) is 0 Å². The highest BCUT2D eigenvalue weighted by atomic mass is 35.5. The lowest BCUT2D eigenvalue weighted by molar-refractivity contribution is 0.151. The van der Waals surface area contributed by atoms with E-state index < -0.39 is 0 Å². The molecule has 0 bridgehead atoms. The third-order valence-corrected chi connectivity index (χ3v) is 4.90. The first-order valence-corrected chi connectivity index (χ1v) is 7.13. The van der Waals surface area contributed by atoms with Crippen LogP contribution in [0.4, 0.5) is 0 Å². The second-order valence-electron chi connectivity index (χ2n) is 4.81. The molecule has 1 unspecified atom stereocenters. The summed E-state index contributed by atoms with van der Waals surface area (Å²) in [6, 6.07) is 3.12. The molecule has 0 N–H and O–H groups in total. The van der Waals surface area contributed by atoms with Gasteiger partial charge < -0.3 is 0 Å². The number of fused-ring (bicyclic) bond motifs is 1. The maximum Gasteiger partial charge on any atom is 0.0444 e. The Morgan fingerprint density at radius 2 is 1.94 bits per heavy atom. The number of hydrogen-bond donors (Lipinski definition) is 0. The Hall–Kier alpha value is -0.0500. The first-order valence-electron chi connectivity index (χ1n) is 6.25. The van der Waals surface area contributed by atoms with Crippen LogP contribution in [0.2, 0.25) is 0 Å². The molecule has 3 rings (SSSR count). The summed E-state index contributed by atoms with van der Waals surface area (Å²) in [4.78, 5) is 4.42. The molecule has 1 fully saturated rings. The number of hydrogen-bond acceptors (Lipinski definition) is 2. The van der Waals surface area contributed by atoms with E-state index in [1.54, 1.807) is 10.4 Å². The minimum Gasteiger partial charge on any atom is -0.296 e. The van der Waals surface area contributed by atoms with Crippen molar-refractivity contribution in [3.63, 3.8) is 0 Å². The lowest BCUT2D eigenvalue weighted by Gasteiger charge is -2.36. The van der Waals surface area contributed by atoms with Gasteiger partial charge in [-0.2, -0.15) is 0 Å². The van der Waals surface area contributed by atoms with Crippen LogP contribution >= 0.6 is 23.7 Å². The van der Waals surface area contributed by atoms with E-state index in [-0.39, 0.29) is 12.4 Å². The second-order valence-corrected chi connectivity index (χ2v) is 5.76. The molecular weight excluding hydrogens is 238 g/mol. The molecule has 2 aliphatic rings. The highest BCUT2D eigenvalue weighted by Gasteiger charge is 2.27. The van der Waals surface area contributed by atoms with Crippen LogP contribution in [0.15, 0.2) is 11.4 Å². The van der Waals surface area contributed by atoms with Gasteiger partial charge in [-0.15, -0.1) is 23.7 Å². The molecule has 2 heterocycles. The number of aryl methyl sites for hydroxylation is 1. The Morgan fingerprint density at radius 1 is 1.12 bits per heavy atom. The third kappa shape index (κ3) is 2.29. The number of halogens is 1. The lowest BCUT2D eigenvalue weighted by atomic mass is 9.92. The summed E-state index contributed by atoms with van der Waals surface area (Å²) < 4.78 is 0. The van der Waals surface area contributed by atoms with Crippen LogP contribution < -0.4 is 0 Å². The number of rotatable bonds is 1. The molecule has 16 heavy (non-hydrogen) atoms. The van der Waals surface area contributed by atoms with Crippen molar-refractivity contribution < 1.29 is 0 Å². The van der Waals surface area contributed by atoms with Gasteiger partial charge in [-0.1, -0.05) is 6.42 Å². The summed E-state index contributed by atoms with van der Waals surface area (Å²) in [5, 5.41) is 2.28. The Balaban J connectivity index is 0.000000963. The zero-order chi connectivity index (χ0) is 10.1. The molecule has 0 aromatic carbocycles. The van der Waals surface area contributed by atoms with E-state index in [2.05, 4.69) is 16.3 Å². The predicted molar refractivity (Wildman–Crippen MR) is 72.7 cm³/mol. The zero-order valence-corrected chi connectivity index (χ0v) is 11.3. The molecule has 0 spiro atoms. The highest BCUT2D eigenvalue weighted by Crippen LogP contribution is 2.38. The van der Waals surface area contributed by atoms with Gasteiger partial charge in [0.15, 0.2) is 0 Å². The normalized spacial score (nSPS) is 25.9. The first-order chi connectivity index (χ1) is 7.45. The number of nitrogens with zero attached hydrogens (tertiary/aromatic N) is 1. The van der Waals surface area contributed by atoms with Crippen molar-refractivity contribution in [1.82, 2.24) is 4.90 Å². The van der Waals surface area contributed by atoms with Crippen LogP contribution in [0.3, 0.4) is 0 Å². The van der Waals surface area contributed by atoms with Gasteiger partial charge in [0.05, 0.1) is 0 Å². The molecule has 0 amide bonds. The summed E-state index contributed by atoms with van der Waals surface area (Å²) in [5.74, 6) is 0. The fraction of sp³-hybridized carbons (Fsp3) is 0.692. The van der Waals surface area contributed by atoms with Gasteiger partial charge in [0.25, 0.3) is 0 Å². The van der Waals surface area contributed by atoms with Gasteiger partial charge in [-0.05, 0) is 62.2 Å². The van der Waals surface area contributed by atoms with E-state index >= 15 is 0 Å². The van der Waals surface area contributed by atoms with Crippen LogP contribution in [-0.2, 0) is 6.42 Å². The molecule has 1 aromatic heterocycles. The van der Waals surface area contributed by atoms with Gasteiger partial charge in [-0.3, -0.25) is 4.90 Å². The molecule has 1 saturated heterocycles. The second kappa shape index (κ2) is 5.52. The summed E-state index contributed by atoms with van der Waals surface area (Å²) in [6.07, 6.45) is 8.39. The quantitative estimate of drug-likeness (QED) is 0.734. The van der Waals surface area contributed by atoms with Gasteiger partial charge in [-0.25, -0.2) is 0 Å². The van der Waals surface area contributed by atoms with Crippen LogP contribution in [0.5, 0.6) is 0 Å². The van der Waals surface area contributed by atoms with Crippen LogP contribution in [0, 0.1) is 0 Å². The van der Waals surface area contributed by atoms with Crippen molar-refractivity contribution in [2.75, 3.05) is 13.1 Å². The van der Waals surface area contributed by atoms with E-state index in [0.717, 1.165) is 6.04 Å². The van der Waals surface area contributed by atoms with E-state index in [0.29, 0.717) is 0 Å². The minimum atomic E-state index is 0. The lowest BCUT2D eigenvalue weighted by Crippen LogP contribution is -2.34. The third-order valence-electron chi connectivity index (χ3n) is 3.84. The van der Waals surface area contributed by atoms with Crippen LogP contribution in [0.25, 0.3) is 0 Å². The molecule has 3 heteroatoms. The molecule has 1 atom stereocenters. The largest absolute Gasteiger partial charge is 0.296 e. The Bertz CT molecular complexity index is 330. The molecule has 1 aromatic rings. The molecule has 90 valence electrons. The van der Waals surface area contributed by atoms with Crippen LogP contribution in [0.1, 0.15) is 48.6 Å². The zero-order valence-electron chi connectivity index (χ0n) is 9.65. The molecule has 1 aliphatic heterocycles. The van der Waals surface area contributed by atoms with Crippen molar-refractivity contribution in [3.05, 3.63) is 21.9 Å². The van der Waals surface area contributed by atoms with Gasteiger partial charge >= 0.3 is 0 Å². The minimum absolute atomic E-state index is 0. The number of likely N-dealkylation sites (tertiary alicyclic amines) is 1. The molecular formula is C13H20ClNS. The highest BCUT2D eigenvalue weighted by molar-refractivity contribution is 7.10. The molecule has 0 radical (unpaired) electrons. The smallest absolute Gasteiger partial charge is 0.0444 e. The van der Waals surface area contributed by atoms with Gasteiger partial charge in [0.1, 0.15) is 0 Å². The Kier molecular flexibility index (Phi) is 4.28. The molecule has 1 nitrogen and oxygen atoms in total. The predicted octanol–water partition coefficient (Wildman–Crippen LogP) is 4.03. The van der Waals surface area contributed by atoms with Crippen molar-refractivity contribution in [2.45, 2.75) is 44.6 Å². The molecule has 0 saturated carbocycles. The van der Waals surface area contributed by atoms with Gasteiger partial charge in [0, 0.05) is 10.9 Å². The van der Waals surface area contributed by atoms with E-state index in [4.69, 9.17) is 0 Å². The average Bonchev–Trinajstić information content (AvgIpc) is 2.78. The SMILES string of the molecule is Cl.c1cc2c(s1)C(N1CCCCC1)CCC2. The fourth-order valence-corrected chi connectivity index (χ4v) is 4.17. The van der Waals surface area contributed by atoms with Crippen molar-refractivity contribution in [3.8, 4) is 0 Å². The first kappa shape index (κ1) is 12.4. The van der Waals surface area contributed by atoms with Crippen LogP contribution in [-0.4, -0.2) is 18.0 Å². The standard InChI is InChI=1S/C13H19NS.ClH/c1-2-8-14(9-3-1)12-6-4-5-11-7-10-15-13(11)12;/h7,10,12H,1-6,8-9H2;1H. The van der Waals surface area contributed by atoms with E-state index in [1.807, 2.05) is 11.3 Å². The van der Waals surface area contributed by atoms with E-state index in [1.165, 1.54) is 51.6 Å².